The summed E-state index contributed by atoms with van der Waals surface area (Å²) < 4.78 is 1.60. The van der Waals surface area contributed by atoms with Crippen molar-refractivity contribution in [3.05, 3.63) is 58.3 Å². The maximum atomic E-state index is 12.9. The summed E-state index contributed by atoms with van der Waals surface area (Å²) in [6, 6.07) is 14.8. The van der Waals surface area contributed by atoms with Gasteiger partial charge in [-0.15, -0.1) is 0 Å². The number of carbonyl (C=O) groups excluding carboxylic acids is 2. The van der Waals surface area contributed by atoms with Crippen molar-refractivity contribution in [2.45, 2.75) is 12.5 Å². The summed E-state index contributed by atoms with van der Waals surface area (Å²) in [5, 5.41) is 7.69. The fourth-order valence-electron chi connectivity index (χ4n) is 4.52. The van der Waals surface area contributed by atoms with Crippen LogP contribution in [0.2, 0.25) is 5.02 Å². The number of halogens is 1. The van der Waals surface area contributed by atoms with Crippen molar-refractivity contribution in [2.24, 2.45) is 0 Å². The van der Waals surface area contributed by atoms with Crippen molar-refractivity contribution < 1.29 is 9.59 Å². The molecule has 0 spiro atoms. The normalized spacial score (nSPS) is 18.1. The third-order valence-corrected chi connectivity index (χ3v) is 6.81. The van der Waals surface area contributed by atoms with E-state index in [1.54, 1.807) is 0 Å². The molecule has 1 aromatic heterocycles. The molecule has 10 heteroatoms. The van der Waals surface area contributed by atoms with Crippen molar-refractivity contribution in [3.63, 3.8) is 0 Å². The summed E-state index contributed by atoms with van der Waals surface area (Å²) in [7, 11) is 0. The molecule has 176 valence electrons. The number of rotatable bonds is 6. The summed E-state index contributed by atoms with van der Waals surface area (Å²) in [6.07, 6.45) is 0.0478. The molecule has 0 saturated carbocycles. The molecule has 1 amide bonds. The van der Waals surface area contributed by atoms with Crippen LogP contribution >= 0.6 is 23.8 Å². The predicted octanol–water partition coefficient (Wildman–Crippen LogP) is 3.18. The van der Waals surface area contributed by atoms with Crippen molar-refractivity contribution in [2.75, 3.05) is 49.5 Å². The molecular formula is C24H25ClN6O2S. The third kappa shape index (κ3) is 4.64. The second-order valence-corrected chi connectivity index (χ2v) is 9.29. The zero-order valence-corrected chi connectivity index (χ0v) is 20.1. The molecule has 3 heterocycles. The summed E-state index contributed by atoms with van der Waals surface area (Å²) in [6.45, 7) is 4.96. The molecule has 0 unspecified atom stereocenters. The number of fused-ring (bicyclic) bond motifs is 3. The van der Waals surface area contributed by atoms with E-state index in [1.807, 2.05) is 42.5 Å². The second-order valence-electron chi connectivity index (χ2n) is 8.49. The van der Waals surface area contributed by atoms with Crippen LogP contribution in [0.1, 0.15) is 11.2 Å². The molecule has 0 aliphatic carbocycles. The Morgan fingerprint density at radius 1 is 1.15 bits per heavy atom. The number of carbonyl (C=O) groups is 2. The number of benzene rings is 2. The molecule has 34 heavy (non-hydrogen) atoms. The summed E-state index contributed by atoms with van der Waals surface area (Å²) in [5.41, 5.74) is 1.86. The second kappa shape index (κ2) is 9.69. The lowest BCUT2D eigenvalue weighted by atomic mass is 10.2. The molecule has 2 N–H and O–H groups in total. The molecular weight excluding hydrogens is 472 g/mol. The van der Waals surface area contributed by atoms with E-state index in [2.05, 4.69) is 31.5 Å². The first-order valence-electron chi connectivity index (χ1n) is 11.3. The standard InChI is InChI=1S/C24H25ClN6O2S/c25-16-4-3-5-17(14-16)30-12-10-29(11-13-30)9-8-26-21(32)15-20-23(33)31-22(27-20)18-6-1-2-7-19(18)28-24(31)34/h1-7,14,20,27H,8-13,15H2,(H,26,32)/t20-/m1/s1. The van der Waals surface area contributed by atoms with Crippen LogP contribution in [0.25, 0.3) is 10.9 Å². The van der Waals surface area contributed by atoms with Gasteiger partial charge in [0.2, 0.25) is 10.7 Å². The van der Waals surface area contributed by atoms with Gasteiger partial charge < -0.3 is 15.5 Å². The average molecular weight is 497 g/mol. The predicted molar refractivity (Wildman–Crippen MR) is 136 cm³/mol. The van der Waals surface area contributed by atoms with Crippen LogP contribution in [0, 0.1) is 4.77 Å². The van der Waals surface area contributed by atoms with Crippen LogP contribution in [-0.2, 0) is 4.79 Å². The van der Waals surface area contributed by atoms with Gasteiger partial charge in [0.1, 0.15) is 11.9 Å². The maximum Gasteiger partial charge on any atom is 0.257 e. The summed E-state index contributed by atoms with van der Waals surface area (Å²) in [5.74, 6) is 0.196. The smallest absolute Gasteiger partial charge is 0.257 e. The molecule has 2 aromatic carbocycles. The monoisotopic (exact) mass is 496 g/mol. The van der Waals surface area contributed by atoms with Gasteiger partial charge in [-0.2, -0.15) is 0 Å². The number of nitrogens with one attached hydrogen (secondary N) is 2. The van der Waals surface area contributed by atoms with E-state index in [4.69, 9.17) is 23.8 Å². The topological polar surface area (TPSA) is 82.5 Å². The quantitative estimate of drug-likeness (QED) is 0.507. The zero-order valence-electron chi connectivity index (χ0n) is 18.5. The van der Waals surface area contributed by atoms with E-state index in [1.165, 1.54) is 4.57 Å². The van der Waals surface area contributed by atoms with Gasteiger partial charge in [-0.25, -0.2) is 9.55 Å². The molecule has 5 rings (SSSR count). The van der Waals surface area contributed by atoms with Crippen molar-refractivity contribution in [1.82, 2.24) is 19.8 Å². The highest BCUT2D eigenvalue weighted by molar-refractivity contribution is 7.71. The molecule has 2 aliphatic rings. The molecule has 8 nitrogen and oxygen atoms in total. The minimum atomic E-state index is -0.657. The Morgan fingerprint density at radius 2 is 1.94 bits per heavy atom. The van der Waals surface area contributed by atoms with Gasteiger partial charge >= 0.3 is 0 Å². The van der Waals surface area contributed by atoms with Gasteiger partial charge in [-0.3, -0.25) is 14.5 Å². The fraction of sp³-hybridized carbons (Fsp3) is 0.333. The highest BCUT2D eigenvalue weighted by Crippen LogP contribution is 2.28. The lowest BCUT2D eigenvalue weighted by Crippen LogP contribution is -2.48. The van der Waals surface area contributed by atoms with E-state index in [0.717, 1.165) is 54.3 Å². The van der Waals surface area contributed by atoms with Crippen LogP contribution in [-0.4, -0.2) is 71.6 Å². The van der Waals surface area contributed by atoms with E-state index in [-0.39, 0.29) is 23.0 Å². The SMILES string of the molecule is O=C(C[C@H]1Nc2c3ccccc3nc(=S)n2C1=O)NCCN1CCN(c2cccc(Cl)c2)CC1. The van der Waals surface area contributed by atoms with Crippen LogP contribution < -0.4 is 15.5 Å². The summed E-state index contributed by atoms with van der Waals surface area (Å²) >= 11 is 11.4. The Morgan fingerprint density at radius 3 is 2.74 bits per heavy atom. The number of para-hydroxylation sites is 1. The molecule has 1 atom stereocenters. The number of aromatic nitrogens is 2. The van der Waals surface area contributed by atoms with E-state index in [9.17, 15) is 9.59 Å². The Bertz CT molecular complexity index is 1300. The maximum absolute atomic E-state index is 12.9. The van der Waals surface area contributed by atoms with Crippen molar-refractivity contribution in [3.8, 4) is 0 Å². The molecule has 0 radical (unpaired) electrons. The number of amides is 1. The highest BCUT2D eigenvalue weighted by Gasteiger charge is 2.33. The van der Waals surface area contributed by atoms with Crippen molar-refractivity contribution >= 4 is 58.0 Å². The van der Waals surface area contributed by atoms with E-state index in [0.29, 0.717) is 12.4 Å². The zero-order chi connectivity index (χ0) is 23.7. The van der Waals surface area contributed by atoms with Gasteiger partial charge in [0, 0.05) is 55.4 Å². The van der Waals surface area contributed by atoms with Gasteiger partial charge in [0.05, 0.1) is 11.9 Å². The number of piperazine rings is 1. The number of nitrogens with zero attached hydrogens (tertiary/aromatic N) is 4. The Kier molecular flexibility index (Phi) is 6.49. The first-order chi connectivity index (χ1) is 16.5. The van der Waals surface area contributed by atoms with E-state index >= 15 is 0 Å². The van der Waals surface area contributed by atoms with Gasteiger partial charge in [0.25, 0.3) is 5.91 Å². The van der Waals surface area contributed by atoms with Gasteiger partial charge in [-0.05, 0) is 42.5 Å². The molecule has 2 aliphatic heterocycles. The minimum Gasteiger partial charge on any atom is -0.369 e. The molecule has 1 fully saturated rings. The number of hydrogen-bond acceptors (Lipinski definition) is 7. The number of hydrogen-bond donors (Lipinski definition) is 2. The van der Waals surface area contributed by atoms with E-state index < -0.39 is 6.04 Å². The first-order valence-corrected chi connectivity index (χ1v) is 12.1. The molecule has 0 bridgehead atoms. The average Bonchev–Trinajstić information content (AvgIpc) is 3.16. The van der Waals surface area contributed by atoms with Crippen LogP contribution in [0.4, 0.5) is 11.5 Å². The highest BCUT2D eigenvalue weighted by atomic mass is 35.5. The van der Waals surface area contributed by atoms with Gasteiger partial charge in [0.15, 0.2) is 0 Å². The Balaban J connectivity index is 1.10. The summed E-state index contributed by atoms with van der Waals surface area (Å²) in [4.78, 5) is 34.4. The largest absolute Gasteiger partial charge is 0.369 e. The van der Waals surface area contributed by atoms with Crippen LogP contribution in [0.3, 0.4) is 0 Å². The lowest BCUT2D eigenvalue weighted by molar-refractivity contribution is -0.121. The number of anilines is 2. The Labute approximate surface area is 207 Å². The van der Waals surface area contributed by atoms with Crippen LogP contribution in [0.5, 0.6) is 0 Å². The fourth-order valence-corrected chi connectivity index (χ4v) is 4.99. The van der Waals surface area contributed by atoms with Gasteiger partial charge in [-0.1, -0.05) is 29.8 Å². The van der Waals surface area contributed by atoms with Crippen LogP contribution in [0.15, 0.2) is 48.5 Å². The molecule has 3 aromatic rings. The lowest BCUT2D eigenvalue weighted by Gasteiger charge is -2.36. The Hall–Kier alpha value is -3.01. The molecule has 1 saturated heterocycles. The first kappa shape index (κ1) is 22.8. The van der Waals surface area contributed by atoms with Crippen molar-refractivity contribution in [1.29, 1.82) is 0 Å². The third-order valence-electron chi connectivity index (χ3n) is 6.30. The minimum absolute atomic E-state index is 0.0478.